The molecule has 0 saturated heterocycles. The molecule has 0 aliphatic carbocycles. The number of nitrogens with one attached hydrogen (secondary N) is 1. The van der Waals surface area contributed by atoms with Crippen molar-refractivity contribution in [1.82, 2.24) is 5.43 Å². The van der Waals surface area contributed by atoms with Crippen LogP contribution in [0.2, 0.25) is 10.0 Å². The third kappa shape index (κ3) is 7.58. The summed E-state index contributed by atoms with van der Waals surface area (Å²) >= 11 is 11.7. The maximum absolute atomic E-state index is 12.4. The molecule has 0 aliphatic rings. The number of benzene rings is 3. The monoisotopic (exact) mass is 558 g/mol. The van der Waals surface area contributed by atoms with Gasteiger partial charge in [0.1, 0.15) is 18.1 Å². The van der Waals surface area contributed by atoms with Crippen LogP contribution in [-0.2, 0) is 6.61 Å². The van der Waals surface area contributed by atoms with E-state index >= 15 is 0 Å². The number of aromatic hydroxyl groups is 1. The highest BCUT2D eigenvalue weighted by Gasteiger charge is 2.32. The lowest BCUT2D eigenvalue weighted by Gasteiger charge is -2.16. The summed E-state index contributed by atoms with van der Waals surface area (Å²) in [6.45, 7) is -0.0720. The number of hydrogen-bond acceptors (Lipinski definition) is 7. The van der Waals surface area contributed by atoms with Crippen molar-refractivity contribution in [2.45, 2.75) is 13.0 Å². The van der Waals surface area contributed by atoms with E-state index in [9.17, 15) is 23.1 Å². The number of alkyl halides is 3. The minimum Gasteiger partial charge on any atom is -0.506 e. The fourth-order valence-electron chi connectivity index (χ4n) is 2.99. The number of halogens is 5. The lowest BCUT2D eigenvalue weighted by Crippen LogP contribution is -2.17. The lowest BCUT2D eigenvalue weighted by molar-refractivity contribution is -0.274. The van der Waals surface area contributed by atoms with Gasteiger partial charge in [0.05, 0.1) is 30.5 Å². The van der Waals surface area contributed by atoms with Gasteiger partial charge in [-0.25, -0.2) is 5.43 Å². The fraction of sp³-hybridized carbons (Fsp3) is 0.167. The van der Waals surface area contributed by atoms with E-state index in [1.54, 1.807) is 12.1 Å². The molecule has 196 valence electrons. The molecule has 0 spiro atoms. The Labute approximate surface area is 219 Å². The fourth-order valence-corrected chi connectivity index (χ4v) is 3.41. The first kappa shape index (κ1) is 27.8. The second kappa shape index (κ2) is 11.9. The molecule has 13 heteroatoms. The first-order valence-corrected chi connectivity index (χ1v) is 11.0. The van der Waals surface area contributed by atoms with Gasteiger partial charge in [-0.15, -0.1) is 13.2 Å². The Hall–Kier alpha value is -3.83. The molecule has 0 aliphatic heterocycles. The second-order valence-electron chi connectivity index (χ2n) is 7.22. The van der Waals surface area contributed by atoms with Crippen LogP contribution in [-0.4, -0.2) is 37.8 Å². The molecule has 0 bridgehead atoms. The number of phenolic OH excluding ortho intramolecular Hbond substituents is 1. The van der Waals surface area contributed by atoms with Crippen LogP contribution in [0.25, 0.3) is 0 Å². The molecule has 8 nitrogen and oxygen atoms in total. The van der Waals surface area contributed by atoms with Crippen LogP contribution in [0.5, 0.6) is 28.7 Å². The van der Waals surface area contributed by atoms with Crippen LogP contribution >= 0.6 is 23.2 Å². The Morgan fingerprint density at radius 2 is 1.68 bits per heavy atom. The molecule has 0 aromatic heterocycles. The zero-order chi connectivity index (χ0) is 27.2. The number of rotatable bonds is 9. The average Bonchev–Trinajstić information content (AvgIpc) is 2.84. The van der Waals surface area contributed by atoms with Crippen LogP contribution in [0, 0.1) is 0 Å². The molecule has 3 aromatic rings. The van der Waals surface area contributed by atoms with Gasteiger partial charge in [-0.3, -0.25) is 4.79 Å². The maximum atomic E-state index is 12.4. The summed E-state index contributed by atoms with van der Waals surface area (Å²) in [4.78, 5) is 12.2. The predicted molar refractivity (Wildman–Crippen MR) is 130 cm³/mol. The SMILES string of the molecule is COc1cc(C=NNC(=O)c2ccc(O)c(Cl)c2)cc(OC)c1OCc1ccc(OC(F)(F)F)c(Cl)c1. The van der Waals surface area contributed by atoms with Crippen molar-refractivity contribution in [2.75, 3.05) is 14.2 Å². The van der Waals surface area contributed by atoms with E-state index in [2.05, 4.69) is 15.3 Å². The van der Waals surface area contributed by atoms with Gasteiger partial charge in [-0.2, -0.15) is 5.10 Å². The first-order valence-electron chi connectivity index (χ1n) is 10.3. The molecular formula is C24H19Cl2F3N2O6. The Morgan fingerprint density at radius 1 is 1.00 bits per heavy atom. The number of carbonyl (C=O) groups excluding carboxylic acids is 1. The number of amides is 1. The van der Waals surface area contributed by atoms with E-state index in [0.29, 0.717) is 11.1 Å². The van der Waals surface area contributed by atoms with E-state index in [1.165, 1.54) is 50.8 Å². The zero-order valence-electron chi connectivity index (χ0n) is 19.2. The highest BCUT2D eigenvalue weighted by atomic mass is 35.5. The normalized spacial score (nSPS) is 11.3. The average molecular weight is 559 g/mol. The third-order valence-corrected chi connectivity index (χ3v) is 5.28. The molecule has 37 heavy (non-hydrogen) atoms. The van der Waals surface area contributed by atoms with Gasteiger partial charge in [-0.1, -0.05) is 29.3 Å². The van der Waals surface area contributed by atoms with Crippen LogP contribution in [0.1, 0.15) is 21.5 Å². The third-order valence-electron chi connectivity index (χ3n) is 4.68. The van der Waals surface area contributed by atoms with Crippen LogP contribution in [0.15, 0.2) is 53.6 Å². The predicted octanol–water partition coefficient (Wildman–Crippen LogP) is 5.96. The summed E-state index contributed by atoms with van der Waals surface area (Å²) in [5.41, 5.74) is 3.48. The Kier molecular flexibility index (Phi) is 8.95. The maximum Gasteiger partial charge on any atom is 0.573 e. The number of phenols is 1. The lowest BCUT2D eigenvalue weighted by atomic mass is 10.2. The molecule has 0 radical (unpaired) electrons. The van der Waals surface area contributed by atoms with Crippen molar-refractivity contribution in [3.63, 3.8) is 0 Å². The van der Waals surface area contributed by atoms with Crippen LogP contribution in [0.3, 0.4) is 0 Å². The molecule has 3 rings (SSSR count). The van der Waals surface area contributed by atoms with E-state index in [-0.39, 0.29) is 45.2 Å². The van der Waals surface area contributed by atoms with E-state index in [4.69, 9.17) is 37.4 Å². The summed E-state index contributed by atoms with van der Waals surface area (Å²) in [6.07, 6.45) is -3.52. The Bertz CT molecular complexity index is 1290. The van der Waals surface area contributed by atoms with Crippen LogP contribution in [0.4, 0.5) is 13.2 Å². The number of carbonyl (C=O) groups is 1. The second-order valence-corrected chi connectivity index (χ2v) is 8.04. The number of ether oxygens (including phenoxy) is 4. The Balaban J connectivity index is 1.72. The van der Waals surface area contributed by atoms with Gasteiger partial charge in [0, 0.05) is 11.1 Å². The van der Waals surface area contributed by atoms with Gasteiger partial charge in [0.2, 0.25) is 5.75 Å². The smallest absolute Gasteiger partial charge is 0.506 e. The molecule has 0 unspecified atom stereocenters. The molecular weight excluding hydrogens is 540 g/mol. The topological polar surface area (TPSA) is 98.6 Å². The molecule has 2 N–H and O–H groups in total. The summed E-state index contributed by atoms with van der Waals surface area (Å²) in [5, 5.41) is 13.1. The summed E-state index contributed by atoms with van der Waals surface area (Å²) in [6, 6.07) is 10.8. The number of hydrazone groups is 1. The van der Waals surface area contributed by atoms with Crippen molar-refractivity contribution in [1.29, 1.82) is 0 Å². The van der Waals surface area contributed by atoms with Gasteiger partial charge < -0.3 is 24.1 Å². The van der Waals surface area contributed by atoms with Crippen molar-refractivity contribution < 1.29 is 42.0 Å². The number of methoxy groups -OCH3 is 2. The van der Waals surface area contributed by atoms with Crippen LogP contribution < -0.4 is 24.4 Å². The van der Waals surface area contributed by atoms with Crippen molar-refractivity contribution in [2.24, 2.45) is 5.10 Å². The van der Waals surface area contributed by atoms with Crippen molar-refractivity contribution in [3.05, 3.63) is 75.3 Å². The van der Waals surface area contributed by atoms with Crippen molar-refractivity contribution in [3.8, 4) is 28.7 Å². The first-order chi connectivity index (χ1) is 17.5. The van der Waals surface area contributed by atoms with Gasteiger partial charge in [-0.05, 0) is 48.0 Å². The molecule has 0 fully saturated rings. The van der Waals surface area contributed by atoms with Gasteiger partial charge in [0.15, 0.2) is 11.5 Å². The summed E-state index contributed by atoms with van der Waals surface area (Å²) < 4.78 is 57.7. The zero-order valence-corrected chi connectivity index (χ0v) is 20.7. The number of hydrogen-bond donors (Lipinski definition) is 2. The van der Waals surface area contributed by atoms with Crippen molar-refractivity contribution >= 4 is 35.3 Å². The van der Waals surface area contributed by atoms with Gasteiger partial charge >= 0.3 is 6.36 Å². The standard InChI is InChI=1S/C24H19Cl2F3N2O6/c1-34-20-8-14(11-30-31-23(33)15-4-5-18(32)16(25)10-15)9-21(35-2)22(20)36-12-13-3-6-19(17(26)7-13)37-24(27,28)29/h3-11,32H,12H2,1-2H3,(H,31,33). The minimum absolute atomic E-state index is 0.0227. The molecule has 3 aromatic carbocycles. The van der Waals surface area contributed by atoms with E-state index in [0.717, 1.165) is 6.07 Å². The highest BCUT2D eigenvalue weighted by molar-refractivity contribution is 6.32. The highest BCUT2D eigenvalue weighted by Crippen LogP contribution is 2.39. The summed E-state index contributed by atoms with van der Waals surface area (Å²) in [5.74, 6) is -0.490. The largest absolute Gasteiger partial charge is 0.573 e. The molecule has 0 saturated carbocycles. The summed E-state index contributed by atoms with van der Waals surface area (Å²) in [7, 11) is 2.80. The Morgan fingerprint density at radius 3 is 2.24 bits per heavy atom. The number of nitrogens with zero attached hydrogens (tertiary/aromatic N) is 1. The minimum atomic E-state index is -4.87. The molecule has 1 amide bonds. The molecule has 0 heterocycles. The van der Waals surface area contributed by atoms with E-state index in [1.807, 2.05) is 0 Å². The van der Waals surface area contributed by atoms with E-state index < -0.39 is 18.0 Å². The quantitative estimate of drug-likeness (QED) is 0.248. The van der Waals surface area contributed by atoms with Gasteiger partial charge in [0.25, 0.3) is 5.91 Å². The molecule has 0 atom stereocenters.